The van der Waals surface area contributed by atoms with Crippen molar-refractivity contribution in [3.05, 3.63) is 71.2 Å². The number of hydrogen-bond acceptors (Lipinski definition) is 5. The summed E-state index contributed by atoms with van der Waals surface area (Å²) in [5.74, 6) is -0.171. The van der Waals surface area contributed by atoms with Crippen molar-refractivity contribution >= 4 is 5.91 Å². The molecule has 140 valence electrons. The molecule has 0 spiro atoms. The van der Waals surface area contributed by atoms with E-state index in [2.05, 4.69) is 20.5 Å². The fourth-order valence-corrected chi connectivity index (χ4v) is 2.64. The van der Waals surface area contributed by atoms with Crippen LogP contribution in [0.15, 0.2) is 48.5 Å². The van der Waals surface area contributed by atoms with Gasteiger partial charge >= 0.3 is 0 Å². The summed E-state index contributed by atoms with van der Waals surface area (Å²) < 4.78 is 5.02. The monoisotopic (exact) mass is 366 g/mol. The molecule has 0 saturated carbocycles. The van der Waals surface area contributed by atoms with Crippen molar-refractivity contribution in [2.24, 2.45) is 0 Å². The number of pyridine rings is 1. The quantitative estimate of drug-likeness (QED) is 0.597. The molecule has 1 aromatic carbocycles. The van der Waals surface area contributed by atoms with Crippen molar-refractivity contribution in [1.82, 2.24) is 20.5 Å². The lowest BCUT2D eigenvalue weighted by Gasteiger charge is -2.08. The van der Waals surface area contributed by atoms with Gasteiger partial charge in [0.1, 0.15) is 0 Å². The van der Waals surface area contributed by atoms with Gasteiger partial charge in [-0.3, -0.25) is 14.9 Å². The van der Waals surface area contributed by atoms with Gasteiger partial charge in [-0.05, 0) is 37.3 Å². The number of nitrogens with one attached hydrogen (secondary N) is 2. The first-order valence-electron chi connectivity index (χ1n) is 8.62. The van der Waals surface area contributed by atoms with E-state index in [9.17, 15) is 9.90 Å². The van der Waals surface area contributed by atoms with E-state index >= 15 is 0 Å². The van der Waals surface area contributed by atoms with Crippen molar-refractivity contribution in [2.45, 2.75) is 26.2 Å². The normalized spacial score (nSPS) is 12.0. The van der Waals surface area contributed by atoms with Gasteiger partial charge < -0.3 is 15.2 Å². The minimum atomic E-state index is -0.623. The van der Waals surface area contributed by atoms with Gasteiger partial charge in [0.2, 0.25) is 0 Å². The van der Waals surface area contributed by atoms with E-state index in [0.717, 1.165) is 22.6 Å². The summed E-state index contributed by atoms with van der Waals surface area (Å²) in [7, 11) is 1.61. The lowest BCUT2D eigenvalue weighted by Crippen LogP contribution is -2.22. The second kappa shape index (κ2) is 8.57. The Bertz CT molecular complexity index is 904. The Morgan fingerprint density at radius 1 is 1.26 bits per heavy atom. The summed E-state index contributed by atoms with van der Waals surface area (Å²) in [5, 5.41) is 19.5. The number of ether oxygens (including phenoxy) is 1. The Morgan fingerprint density at radius 2 is 2.04 bits per heavy atom. The van der Waals surface area contributed by atoms with Gasteiger partial charge in [-0.2, -0.15) is 5.10 Å². The second-order valence-electron chi connectivity index (χ2n) is 6.20. The topological polar surface area (TPSA) is 100 Å². The van der Waals surface area contributed by atoms with Gasteiger partial charge in [-0.25, -0.2) is 0 Å². The fraction of sp³-hybridized carbons (Fsp3) is 0.250. The first-order valence-corrected chi connectivity index (χ1v) is 8.62. The first-order chi connectivity index (χ1) is 13.1. The number of aromatic nitrogens is 3. The van der Waals surface area contributed by atoms with Gasteiger partial charge in [-0.1, -0.05) is 18.2 Å². The lowest BCUT2D eigenvalue weighted by molar-refractivity contribution is 0.0950. The van der Waals surface area contributed by atoms with Crippen LogP contribution < -0.4 is 5.32 Å². The molecule has 3 rings (SSSR count). The zero-order chi connectivity index (χ0) is 19.2. The Hall–Kier alpha value is -3.03. The third kappa shape index (κ3) is 4.78. The summed E-state index contributed by atoms with van der Waals surface area (Å²) in [6.45, 7) is 2.46. The molecule has 7 heteroatoms. The number of aliphatic hydroxyl groups excluding tert-OH is 1. The Labute approximate surface area is 157 Å². The third-order valence-corrected chi connectivity index (χ3v) is 4.06. The Morgan fingerprint density at radius 3 is 2.74 bits per heavy atom. The van der Waals surface area contributed by atoms with Crippen molar-refractivity contribution in [3.63, 3.8) is 0 Å². The number of aromatic amines is 1. The van der Waals surface area contributed by atoms with Crippen LogP contribution in [0.3, 0.4) is 0 Å². The van der Waals surface area contributed by atoms with E-state index in [1.807, 2.05) is 30.3 Å². The maximum Gasteiger partial charge on any atom is 0.251 e. The lowest BCUT2D eigenvalue weighted by atomic mass is 10.1. The van der Waals surface area contributed by atoms with Gasteiger partial charge in [0, 0.05) is 18.2 Å². The van der Waals surface area contributed by atoms with Crippen molar-refractivity contribution in [1.29, 1.82) is 0 Å². The molecule has 7 nitrogen and oxygen atoms in total. The minimum Gasteiger partial charge on any atom is -0.387 e. The highest BCUT2D eigenvalue weighted by Crippen LogP contribution is 2.20. The molecule has 0 bridgehead atoms. The van der Waals surface area contributed by atoms with E-state index in [4.69, 9.17) is 4.74 Å². The molecule has 0 fully saturated rings. The third-order valence-electron chi connectivity index (χ3n) is 4.06. The highest BCUT2D eigenvalue weighted by Gasteiger charge is 2.09. The van der Waals surface area contributed by atoms with Crippen molar-refractivity contribution in [2.75, 3.05) is 7.11 Å². The van der Waals surface area contributed by atoms with Crippen LogP contribution in [0, 0.1) is 0 Å². The number of H-pyrrole nitrogens is 1. The number of amides is 1. The Balaban J connectivity index is 1.64. The molecule has 1 unspecified atom stereocenters. The zero-order valence-electron chi connectivity index (χ0n) is 15.3. The van der Waals surface area contributed by atoms with E-state index < -0.39 is 6.10 Å². The van der Waals surface area contributed by atoms with Crippen LogP contribution in [-0.2, 0) is 17.9 Å². The molecule has 2 aromatic heterocycles. The average Bonchev–Trinajstić information content (AvgIpc) is 3.14. The SMILES string of the molecule is COCc1cc(CNC(=O)c2ccc(-c3cccc(C(C)O)n3)cc2)[nH]n1. The van der Waals surface area contributed by atoms with E-state index in [1.165, 1.54) is 0 Å². The van der Waals surface area contributed by atoms with Crippen LogP contribution in [0.4, 0.5) is 0 Å². The molecule has 1 amide bonds. The molecule has 0 radical (unpaired) electrons. The molecule has 27 heavy (non-hydrogen) atoms. The molecular weight excluding hydrogens is 344 g/mol. The van der Waals surface area contributed by atoms with Gasteiger partial charge in [-0.15, -0.1) is 0 Å². The molecule has 0 aliphatic heterocycles. The number of methoxy groups -OCH3 is 1. The highest BCUT2D eigenvalue weighted by molar-refractivity contribution is 5.94. The van der Waals surface area contributed by atoms with E-state index in [-0.39, 0.29) is 5.91 Å². The molecule has 2 heterocycles. The molecule has 3 N–H and O–H groups in total. The smallest absolute Gasteiger partial charge is 0.251 e. The molecule has 3 aromatic rings. The summed E-state index contributed by atoms with van der Waals surface area (Å²) in [6.07, 6.45) is -0.623. The van der Waals surface area contributed by atoms with Crippen LogP contribution in [0.1, 0.15) is 40.5 Å². The van der Waals surface area contributed by atoms with Crippen LogP contribution in [0.2, 0.25) is 0 Å². The number of carbonyl (C=O) groups is 1. The average molecular weight is 366 g/mol. The van der Waals surface area contributed by atoms with Crippen LogP contribution in [0.25, 0.3) is 11.3 Å². The van der Waals surface area contributed by atoms with E-state index in [1.54, 1.807) is 32.2 Å². The Kier molecular flexibility index (Phi) is 5.95. The number of hydrogen-bond donors (Lipinski definition) is 3. The molecule has 1 atom stereocenters. The number of nitrogens with zero attached hydrogens (tertiary/aromatic N) is 2. The molecule has 0 saturated heterocycles. The molecule has 0 aliphatic rings. The number of carbonyl (C=O) groups excluding carboxylic acids is 1. The van der Waals surface area contributed by atoms with Crippen LogP contribution >= 0.6 is 0 Å². The zero-order valence-corrected chi connectivity index (χ0v) is 15.3. The van der Waals surface area contributed by atoms with Gasteiger partial charge in [0.15, 0.2) is 0 Å². The predicted molar refractivity (Wildman–Crippen MR) is 101 cm³/mol. The standard InChI is InChI=1S/C20H22N4O3/c1-13(25)18-4-3-5-19(22-18)14-6-8-15(9-7-14)20(26)21-11-16-10-17(12-27-2)24-23-16/h3-10,13,25H,11-12H2,1-2H3,(H,21,26)(H,23,24). The van der Waals surface area contributed by atoms with E-state index in [0.29, 0.717) is 24.4 Å². The number of rotatable bonds is 7. The maximum atomic E-state index is 12.3. The maximum absolute atomic E-state index is 12.3. The fourth-order valence-electron chi connectivity index (χ4n) is 2.64. The summed E-state index contributed by atoms with van der Waals surface area (Å²) in [6, 6.07) is 14.6. The first kappa shape index (κ1) is 18.8. The molecular formula is C20H22N4O3. The van der Waals surface area contributed by atoms with Gasteiger partial charge in [0.05, 0.1) is 42.0 Å². The number of aliphatic hydroxyl groups is 1. The molecule has 0 aliphatic carbocycles. The summed E-state index contributed by atoms with van der Waals surface area (Å²) >= 11 is 0. The van der Waals surface area contributed by atoms with Crippen LogP contribution in [0.5, 0.6) is 0 Å². The highest BCUT2D eigenvalue weighted by atomic mass is 16.5. The summed E-state index contributed by atoms with van der Waals surface area (Å²) in [4.78, 5) is 16.8. The van der Waals surface area contributed by atoms with Crippen molar-refractivity contribution in [3.8, 4) is 11.3 Å². The summed E-state index contributed by atoms with van der Waals surface area (Å²) in [5.41, 5.74) is 4.41. The van der Waals surface area contributed by atoms with Gasteiger partial charge in [0.25, 0.3) is 5.91 Å². The van der Waals surface area contributed by atoms with Crippen LogP contribution in [-0.4, -0.2) is 33.3 Å². The number of benzene rings is 1. The predicted octanol–water partition coefficient (Wildman–Crippen LogP) is 2.60. The largest absolute Gasteiger partial charge is 0.387 e. The minimum absolute atomic E-state index is 0.171. The van der Waals surface area contributed by atoms with Crippen molar-refractivity contribution < 1.29 is 14.6 Å². The second-order valence-corrected chi connectivity index (χ2v) is 6.20.